The molecule has 2 rings (SSSR count). The summed E-state index contributed by atoms with van der Waals surface area (Å²) in [6, 6.07) is 1.14. The molecule has 1 amide bonds. The molecule has 126 valence electrons. The quantitative estimate of drug-likeness (QED) is 0.813. The third-order valence-electron chi connectivity index (χ3n) is 3.88. The lowest BCUT2D eigenvalue weighted by Gasteiger charge is -2.36. The molecule has 0 radical (unpaired) electrons. The molecule has 1 aliphatic rings. The Bertz CT molecular complexity index is 632. The standard InChI is InChI=1S/C14H13F4NO4/c15-10-5-7(1-2-9(10)14(16,17)18)11-6-8(12(20)21)3-4-19(11)13(22)23/h1-2,5,8,11H,3-4,6H2,(H,20,21)(H,22,23). The van der Waals surface area contributed by atoms with Gasteiger partial charge in [-0.05, 0) is 30.5 Å². The molecule has 1 fully saturated rings. The minimum absolute atomic E-state index is 0.00356. The van der Waals surface area contributed by atoms with Gasteiger partial charge in [0.25, 0.3) is 0 Å². The molecule has 1 saturated heterocycles. The van der Waals surface area contributed by atoms with Gasteiger partial charge < -0.3 is 15.1 Å². The monoisotopic (exact) mass is 335 g/mol. The van der Waals surface area contributed by atoms with Gasteiger partial charge in [0.15, 0.2) is 0 Å². The van der Waals surface area contributed by atoms with E-state index >= 15 is 0 Å². The Labute approximate surface area is 128 Å². The first kappa shape index (κ1) is 17.0. The first-order chi connectivity index (χ1) is 10.6. The van der Waals surface area contributed by atoms with Crippen LogP contribution in [0.5, 0.6) is 0 Å². The molecular weight excluding hydrogens is 322 g/mol. The number of carbonyl (C=O) groups is 2. The minimum atomic E-state index is -4.86. The van der Waals surface area contributed by atoms with Gasteiger partial charge in [0, 0.05) is 6.54 Å². The van der Waals surface area contributed by atoms with E-state index in [2.05, 4.69) is 0 Å². The van der Waals surface area contributed by atoms with Gasteiger partial charge in [-0.3, -0.25) is 4.79 Å². The van der Waals surface area contributed by atoms with Crippen molar-refractivity contribution < 1.29 is 37.4 Å². The van der Waals surface area contributed by atoms with Crippen LogP contribution in [0.1, 0.15) is 30.0 Å². The fourth-order valence-electron chi connectivity index (χ4n) is 2.70. The molecule has 5 nitrogen and oxygen atoms in total. The molecule has 2 unspecified atom stereocenters. The highest BCUT2D eigenvalue weighted by atomic mass is 19.4. The maximum atomic E-state index is 13.7. The van der Waals surface area contributed by atoms with Gasteiger partial charge in [-0.15, -0.1) is 0 Å². The second-order valence-electron chi connectivity index (χ2n) is 5.29. The fraction of sp³-hybridized carbons (Fsp3) is 0.429. The first-order valence-electron chi connectivity index (χ1n) is 6.70. The number of likely N-dealkylation sites (tertiary alicyclic amines) is 1. The van der Waals surface area contributed by atoms with Gasteiger partial charge in [0.1, 0.15) is 5.82 Å². The third-order valence-corrected chi connectivity index (χ3v) is 3.88. The van der Waals surface area contributed by atoms with Crippen LogP contribution in [-0.4, -0.2) is 33.7 Å². The summed E-state index contributed by atoms with van der Waals surface area (Å²) in [5, 5.41) is 18.2. The van der Waals surface area contributed by atoms with E-state index in [0.717, 1.165) is 11.0 Å². The molecule has 2 N–H and O–H groups in total. The highest BCUT2D eigenvalue weighted by Crippen LogP contribution is 2.37. The van der Waals surface area contributed by atoms with Gasteiger partial charge in [-0.25, -0.2) is 9.18 Å². The van der Waals surface area contributed by atoms with Crippen molar-refractivity contribution in [2.75, 3.05) is 6.54 Å². The van der Waals surface area contributed by atoms with Crippen LogP contribution in [0, 0.1) is 11.7 Å². The molecule has 1 heterocycles. The molecule has 1 aliphatic heterocycles. The lowest BCUT2D eigenvalue weighted by atomic mass is 9.87. The van der Waals surface area contributed by atoms with Gasteiger partial charge in [0.05, 0.1) is 17.5 Å². The van der Waals surface area contributed by atoms with E-state index < -0.39 is 41.6 Å². The van der Waals surface area contributed by atoms with Crippen molar-refractivity contribution in [1.82, 2.24) is 4.90 Å². The molecular formula is C14H13F4NO4. The molecule has 0 aromatic heterocycles. The highest BCUT2D eigenvalue weighted by Gasteiger charge is 2.38. The third kappa shape index (κ3) is 3.54. The van der Waals surface area contributed by atoms with Crippen LogP contribution in [0.2, 0.25) is 0 Å². The zero-order chi connectivity index (χ0) is 17.4. The largest absolute Gasteiger partial charge is 0.481 e. The normalized spacial score (nSPS) is 22.0. The van der Waals surface area contributed by atoms with E-state index in [-0.39, 0.29) is 24.9 Å². The zero-order valence-corrected chi connectivity index (χ0v) is 11.7. The van der Waals surface area contributed by atoms with E-state index in [4.69, 9.17) is 10.2 Å². The first-order valence-corrected chi connectivity index (χ1v) is 6.70. The summed E-state index contributed by atoms with van der Waals surface area (Å²) in [5.41, 5.74) is -1.45. The smallest absolute Gasteiger partial charge is 0.419 e. The van der Waals surface area contributed by atoms with Crippen molar-refractivity contribution in [1.29, 1.82) is 0 Å². The lowest BCUT2D eigenvalue weighted by molar-refractivity contribution is -0.144. The molecule has 1 aromatic rings. The predicted molar refractivity (Wildman–Crippen MR) is 69.2 cm³/mol. The van der Waals surface area contributed by atoms with E-state index in [9.17, 15) is 27.2 Å². The zero-order valence-electron chi connectivity index (χ0n) is 11.7. The van der Waals surface area contributed by atoms with Crippen molar-refractivity contribution in [3.8, 4) is 0 Å². The molecule has 0 spiro atoms. The van der Waals surface area contributed by atoms with Crippen LogP contribution >= 0.6 is 0 Å². The summed E-state index contributed by atoms with van der Waals surface area (Å²) in [5.74, 6) is -3.47. The maximum absolute atomic E-state index is 13.7. The fourth-order valence-corrected chi connectivity index (χ4v) is 2.70. The van der Waals surface area contributed by atoms with Gasteiger partial charge in [0.2, 0.25) is 0 Å². The number of rotatable bonds is 2. The van der Waals surface area contributed by atoms with Crippen molar-refractivity contribution >= 4 is 12.1 Å². The Balaban J connectivity index is 2.37. The number of alkyl halides is 3. The Kier molecular flexibility index (Phi) is 4.49. The molecule has 1 aromatic carbocycles. The number of carboxylic acids is 1. The number of halogens is 4. The molecule has 2 atom stereocenters. The predicted octanol–water partition coefficient (Wildman–Crippen LogP) is 3.36. The maximum Gasteiger partial charge on any atom is 0.419 e. The number of hydrogen-bond donors (Lipinski definition) is 2. The Morgan fingerprint density at radius 1 is 1.22 bits per heavy atom. The number of benzene rings is 1. The second-order valence-corrected chi connectivity index (χ2v) is 5.29. The molecule has 0 aliphatic carbocycles. The van der Waals surface area contributed by atoms with Crippen LogP contribution in [0.25, 0.3) is 0 Å². The summed E-state index contributed by atoms with van der Waals surface area (Å²) in [4.78, 5) is 23.2. The topological polar surface area (TPSA) is 77.8 Å². The number of nitrogens with zero attached hydrogens (tertiary/aromatic N) is 1. The number of carboxylic acid groups (broad SMARTS) is 2. The van der Waals surface area contributed by atoms with Gasteiger partial charge in [-0.2, -0.15) is 13.2 Å². The van der Waals surface area contributed by atoms with Gasteiger partial charge >= 0.3 is 18.2 Å². The number of aliphatic carboxylic acids is 1. The lowest BCUT2D eigenvalue weighted by Crippen LogP contribution is -2.42. The Hall–Kier alpha value is -2.32. The van der Waals surface area contributed by atoms with E-state index in [0.29, 0.717) is 12.1 Å². The molecule has 0 bridgehead atoms. The van der Waals surface area contributed by atoms with Crippen LogP contribution < -0.4 is 0 Å². The summed E-state index contributed by atoms with van der Waals surface area (Å²) in [7, 11) is 0. The average Bonchev–Trinajstić information content (AvgIpc) is 2.44. The number of hydrogen-bond acceptors (Lipinski definition) is 2. The van der Waals surface area contributed by atoms with E-state index in [1.54, 1.807) is 0 Å². The van der Waals surface area contributed by atoms with Crippen molar-refractivity contribution in [3.05, 3.63) is 35.1 Å². The Morgan fingerprint density at radius 3 is 2.35 bits per heavy atom. The van der Waals surface area contributed by atoms with Crippen LogP contribution in [0.15, 0.2) is 18.2 Å². The van der Waals surface area contributed by atoms with Crippen molar-refractivity contribution in [2.45, 2.75) is 25.1 Å². The average molecular weight is 335 g/mol. The summed E-state index contributed by atoms with van der Waals surface area (Å²) >= 11 is 0. The number of piperidine rings is 1. The SMILES string of the molecule is O=C(O)C1CCN(C(=O)O)C(c2ccc(C(F)(F)F)c(F)c2)C1. The Morgan fingerprint density at radius 2 is 1.87 bits per heavy atom. The van der Waals surface area contributed by atoms with Crippen LogP contribution in [-0.2, 0) is 11.0 Å². The van der Waals surface area contributed by atoms with Crippen LogP contribution in [0.3, 0.4) is 0 Å². The van der Waals surface area contributed by atoms with Crippen molar-refractivity contribution in [2.24, 2.45) is 5.92 Å². The second kappa shape index (κ2) is 6.05. The minimum Gasteiger partial charge on any atom is -0.481 e. The summed E-state index contributed by atoms with van der Waals surface area (Å²) in [6.45, 7) is -0.0837. The molecule has 9 heteroatoms. The summed E-state index contributed by atoms with van der Waals surface area (Å²) in [6.07, 6.45) is -6.21. The molecule has 23 heavy (non-hydrogen) atoms. The van der Waals surface area contributed by atoms with E-state index in [1.165, 1.54) is 0 Å². The number of amides is 1. The van der Waals surface area contributed by atoms with Crippen molar-refractivity contribution in [3.63, 3.8) is 0 Å². The van der Waals surface area contributed by atoms with Crippen LogP contribution in [0.4, 0.5) is 22.4 Å². The summed E-state index contributed by atoms with van der Waals surface area (Å²) < 4.78 is 51.4. The highest BCUT2D eigenvalue weighted by molar-refractivity contribution is 5.71. The van der Waals surface area contributed by atoms with Gasteiger partial charge in [-0.1, -0.05) is 6.07 Å². The van der Waals surface area contributed by atoms with E-state index in [1.807, 2.05) is 0 Å². The molecule has 0 saturated carbocycles.